The van der Waals surface area contributed by atoms with E-state index in [1.165, 1.54) is 16.8 Å². The minimum absolute atomic E-state index is 0.424. The van der Waals surface area contributed by atoms with Crippen molar-refractivity contribution < 1.29 is 0 Å². The van der Waals surface area contributed by atoms with E-state index in [0.29, 0.717) is 6.04 Å². The number of benzene rings is 2. The van der Waals surface area contributed by atoms with Crippen LogP contribution < -0.4 is 5.32 Å². The SMILES string of the molecule is C(=C\C1Cc2ccccc2N1)/c1ccccc1. The number of fused-ring (bicyclic) bond motifs is 1. The molecule has 0 saturated heterocycles. The third kappa shape index (κ3) is 2.23. The maximum Gasteiger partial charge on any atom is 0.0488 e. The Morgan fingerprint density at radius 2 is 1.71 bits per heavy atom. The molecule has 2 aromatic carbocycles. The minimum atomic E-state index is 0.424. The number of rotatable bonds is 2. The Morgan fingerprint density at radius 3 is 2.53 bits per heavy atom. The molecule has 0 aliphatic carbocycles. The first kappa shape index (κ1) is 10.2. The number of hydrogen-bond donors (Lipinski definition) is 1. The van der Waals surface area contributed by atoms with Gasteiger partial charge in [-0.1, -0.05) is 60.7 Å². The summed E-state index contributed by atoms with van der Waals surface area (Å²) in [6, 6.07) is 19.4. The van der Waals surface area contributed by atoms with Gasteiger partial charge in [-0.2, -0.15) is 0 Å². The maximum absolute atomic E-state index is 3.52. The second kappa shape index (κ2) is 4.46. The smallest absolute Gasteiger partial charge is 0.0488 e. The highest BCUT2D eigenvalue weighted by Crippen LogP contribution is 2.25. The van der Waals surface area contributed by atoms with Gasteiger partial charge in [-0.05, 0) is 23.6 Å². The van der Waals surface area contributed by atoms with Crippen LogP contribution in [0, 0.1) is 0 Å². The summed E-state index contributed by atoms with van der Waals surface area (Å²) in [5.74, 6) is 0. The van der Waals surface area contributed by atoms with Gasteiger partial charge in [-0.3, -0.25) is 0 Å². The third-order valence-corrected chi connectivity index (χ3v) is 3.12. The quantitative estimate of drug-likeness (QED) is 0.814. The molecule has 1 heterocycles. The summed E-state index contributed by atoms with van der Waals surface area (Å²) in [5.41, 5.74) is 3.94. The van der Waals surface area contributed by atoms with Gasteiger partial charge in [-0.25, -0.2) is 0 Å². The lowest BCUT2D eigenvalue weighted by Crippen LogP contribution is -2.10. The van der Waals surface area contributed by atoms with Gasteiger partial charge in [0.05, 0.1) is 0 Å². The van der Waals surface area contributed by atoms with Gasteiger partial charge in [0.15, 0.2) is 0 Å². The molecule has 0 fully saturated rings. The van der Waals surface area contributed by atoms with Gasteiger partial charge < -0.3 is 5.32 Å². The summed E-state index contributed by atoms with van der Waals surface area (Å²) < 4.78 is 0. The Bertz CT molecular complexity index is 503. The Kier molecular flexibility index (Phi) is 2.66. The largest absolute Gasteiger partial charge is 0.378 e. The minimum Gasteiger partial charge on any atom is -0.378 e. The molecule has 0 bridgehead atoms. The zero-order chi connectivity index (χ0) is 11.5. The summed E-state index contributed by atoms with van der Waals surface area (Å²) in [6.45, 7) is 0. The van der Waals surface area contributed by atoms with Crippen molar-refractivity contribution in [2.24, 2.45) is 0 Å². The van der Waals surface area contributed by atoms with Crippen LogP contribution in [-0.4, -0.2) is 6.04 Å². The van der Waals surface area contributed by atoms with Crippen LogP contribution in [-0.2, 0) is 6.42 Å². The summed E-state index contributed by atoms with van der Waals surface area (Å²) >= 11 is 0. The van der Waals surface area contributed by atoms with Gasteiger partial charge >= 0.3 is 0 Å². The van der Waals surface area contributed by atoms with Crippen molar-refractivity contribution in [2.75, 3.05) is 5.32 Å². The monoisotopic (exact) mass is 221 g/mol. The Balaban J connectivity index is 1.72. The van der Waals surface area contributed by atoms with Crippen LogP contribution >= 0.6 is 0 Å². The first-order valence-corrected chi connectivity index (χ1v) is 5.99. The Morgan fingerprint density at radius 1 is 0.941 bits per heavy atom. The Hall–Kier alpha value is -2.02. The van der Waals surface area contributed by atoms with E-state index in [-0.39, 0.29) is 0 Å². The van der Waals surface area contributed by atoms with Gasteiger partial charge in [0.2, 0.25) is 0 Å². The summed E-state index contributed by atoms with van der Waals surface area (Å²) in [6.07, 6.45) is 5.51. The number of nitrogens with one attached hydrogen (secondary N) is 1. The lowest BCUT2D eigenvalue weighted by Gasteiger charge is -2.04. The molecule has 0 aromatic heterocycles. The van der Waals surface area contributed by atoms with E-state index in [1.54, 1.807) is 0 Å². The maximum atomic E-state index is 3.52. The van der Waals surface area contributed by atoms with Crippen molar-refractivity contribution in [2.45, 2.75) is 12.5 Å². The van der Waals surface area contributed by atoms with Crippen molar-refractivity contribution in [1.82, 2.24) is 0 Å². The topological polar surface area (TPSA) is 12.0 Å². The van der Waals surface area contributed by atoms with Crippen LogP contribution in [0.25, 0.3) is 6.08 Å². The molecule has 1 aliphatic rings. The average Bonchev–Trinajstić information content (AvgIpc) is 2.80. The fraction of sp³-hybridized carbons (Fsp3) is 0.125. The first-order valence-electron chi connectivity index (χ1n) is 5.99. The number of hydrogen-bond acceptors (Lipinski definition) is 1. The molecule has 1 aliphatic heterocycles. The van der Waals surface area contributed by atoms with Crippen LogP contribution in [0.4, 0.5) is 5.69 Å². The molecule has 84 valence electrons. The molecular weight excluding hydrogens is 206 g/mol. The lowest BCUT2D eigenvalue weighted by molar-refractivity contribution is 0.929. The van der Waals surface area contributed by atoms with Gasteiger partial charge in [0.25, 0.3) is 0 Å². The van der Waals surface area contributed by atoms with E-state index in [4.69, 9.17) is 0 Å². The molecule has 17 heavy (non-hydrogen) atoms. The molecular formula is C16H15N. The van der Waals surface area contributed by atoms with E-state index >= 15 is 0 Å². The standard InChI is InChI=1S/C16H15N/c1-2-6-13(7-3-1)10-11-15-12-14-8-4-5-9-16(14)17-15/h1-11,15,17H,12H2/b11-10+. The summed E-state index contributed by atoms with van der Waals surface area (Å²) in [5, 5.41) is 3.52. The molecule has 1 nitrogen and oxygen atoms in total. The molecule has 2 aromatic rings. The summed E-state index contributed by atoms with van der Waals surface area (Å²) in [4.78, 5) is 0. The van der Waals surface area contributed by atoms with E-state index in [2.05, 4.69) is 66.0 Å². The third-order valence-electron chi connectivity index (χ3n) is 3.12. The van der Waals surface area contributed by atoms with Crippen molar-refractivity contribution in [1.29, 1.82) is 0 Å². The lowest BCUT2D eigenvalue weighted by atomic mass is 10.1. The predicted molar refractivity (Wildman–Crippen MR) is 73.0 cm³/mol. The second-order valence-corrected chi connectivity index (χ2v) is 4.38. The molecule has 1 heteroatoms. The molecule has 1 atom stereocenters. The van der Waals surface area contributed by atoms with Crippen molar-refractivity contribution in [3.8, 4) is 0 Å². The average molecular weight is 221 g/mol. The van der Waals surface area contributed by atoms with Crippen LogP contribution in [0.15, 0.2) is 60.7 Å². The van der Waals surface area contributed by atoms with E-state index in [0.717, 1.165) is 6.42 Å². The molecule has 0 amide bonds. The zero-order valence-electron chi connectivity index (χ0n) is 9.64. The van der Waals surface area contributed by atoms with E-state index in [9.17, 15) is 0 Å². The fourth-order valence-electron chi connectivity index (χ4n) is 2.23. The van der Waals surface area contributed by atoms with E-state index < -0.39 is 0 Å². The van der Waals surface area contributed by atoms with Crippen LogP contribution in [0.3, 0.4) is 0 Å². The first-order chi connectivity index (χ1) is 8.42. The highest BCUT2D eigenvalue weighted by molar-refractivity contribution is 5.60. The highest BCUT2D eigenvalue weighted by Gasteiger charge is 2.16. The number of anilines is 1. The number of para-hydroxylation sites is 1. The predicted octanol–water partition coefficient (Wildman–Crippen LogP) is 3.74. The van der Waals surface area contributed by atoms with Crippen molar-refractivity contribution >= 4 is 11.8 Å². The molecule has 0 radical (unpaired) electrons. The molecule has 0 spiro atoms. The fourth-order valence-corrected chi connectivity index (χ4v) is 2.23. The highest BCUT2D eigenvalue weighted by atomic mass is 14.9. The van der Waals surface area contributed by atoms with Crippen molar-refractivity contribution in [3.05, 3.63) is 71.8 Å². The van der Waals surface area contributed by atoms with Gasteiger partial charge in [0.1, 0.15) is 0 Å². The van der Waals surface area contributed by atoms with Crippen molar-refractivity contribution in [3.63, 3.8) is 0 Å². The van der Waals surface area contributed by atoms with Crippen LogP contribution in [0.5, 0.6) is 0 Å². The van der Waals surface area contributed by atoms with Gasteiger partial charge in [0, 0.05) is 11.7 Å². The molecule has 0 saturated carbocycles. The summed E-state index contributed by atoms with van der Waals surface area (Å²) in [7, 11) is 0. The normalized spacial score (nSPS) is 18.0. The second-order valence-electron chi connectivity index (χ2n) is 4.38. The van der Waals surface area contributed by atoms with Crippen LogP contribution in [0.2, 0.25) is 0 Å². The zero-order valence-corrected chi connectivity index (χ0v) is 9.64. The van der Waals surface area contributed by atoms with E-state index in [1.807, 2.05) is 6.07 Å². The Labute approximate surface area is 102 Å². The molecule has 3 rings (SSSR count). The molecule has 1 unspecified atom stereocenters. The van der Waals surface area contributed by atoms with Crippen LogP contribution in [0.1, 0.15) is 11.1 Å². The molecule has 1 N–H and O–H groups in total. The van der Waals surface area contributed by atoms with Gasteiger partial charge in [-0.15, -0.1) is 0 Å².